The molecule has 7 nitrogen and oxygen atoms in total. The fraction of sp³-hybridized carbons (Fsp3) is 0.385. The molecule has 0 saturated carbocycles. The van der Waals surface area contributed by atoms with Gasteiger partial charge in [0, 0.05) is 56.1 Å². The number of hydrogen-bond donors (Lipinski definition) is 0. The summed E-state index contributed by atoms with van der Waals surface area (Å²) in [5.74, 6) is 0.768. The number of thiophene rings is 1. The molecule has 1 aliphatic heterocycles. The lowest BCUT2D eigenvalue weighted by Crippen LogP contribution is -2.46. The zero-order valence-electron chi connectivity index (χ0n) is 11.4. The first-order valence-corrected chi connectivity index (χ1v) is 7.51. The number of nitro groups is 1. The third-order valence-corrected chi connectivity index (χ3v) is 4.44. The van der Waals surface area contributed by atoms with Crippen molar-refractivity contribution in [2.45, 2.75) is 6.54 Å². The van der Waals surface area contributed by atoms with Crippen molar-refractivity contribution in [3.8, 4) is 0 Å². The molecule has 0 aromatic carbocycles. The van der Waals surface area contributed by atoms with E-state index in [0.717, 1.165) is 43.5 Å². The van der Waals surface area contributed by atoms with Crippen molar-refractivity contribution >= 4 is 22.3 Å². The zero-order chi connectivity index (χ0) is 14.7. The fourth-order valence-corrected chi connectivity index (χ4v) is 3.19. The Bertz CT molecular complexity index is 610. The van der Waals surface area contributed by atoms with E-state index in [-0.39, 0.29) is 9.92 Å². The van der Waals surface area contributed by atoms with Crippen LogP contribution in [0.5, 0.6) is 0 Å². The van der Waals surface area contributed by atoms with Gasteiger partial charge in [-0.1, -0.05) is 11.3 Å². The van der Waals surface area contributed by atoms with Crippen molar-refractivity contribution < 1.29 is 4.92 Å². The van der Waals surface area contributed by atoms with Gasteiger partial charge in [0.1, 0.15) is 0 Å². The van der Waals surface area contributed by atoms with E-state index in [1.54, 1.807) is 18.5 Å². The van der Waals surface area contributed by atoms with Gasteiger partial charge in [0.25, 0.3) is 0 Å². The van der Waals surface area contributed by atoms with Crippen LogP contribution in [0.25, 0.3) is 0 Å². The van der Waals surface area contributed by atoms with E-state index in [0.29, 0.717) is 0 Å². The molecule has 0 radical (unpaired) electrons. The minimum atomic E-state index is -0.334. The third kappa shape index (κ3) is 3.34. The van der Waals surface area contributed by atoms with Crippen LogP contribution in [0.3, 0.4) is 0 Å². The van der Waals surface area contributed by atoms with Crippen LogP contribution in [-0.2, 0) is 6.54 Å². The molecular weight excluding hydrogens is 290 g/mol. The molecule has 8 heteroatoms. The van der Waals surface area contributed by atoms with Crippen LogP contribution in [0, 0.1) is 10.1 Å². The Hall–Kier alpha value is -2.06. The first-order valence-electron chi connectivity index (χ1n) is 6.70. The molecule has 0 aliphatic carbocycles. The van der Waals surface area contributed by atoms with Crippen LogP contribution in [0.1, 0.15) is 4.88 Å². The summed E-state index contributed by atoms with van der Waals surface area (Å²) in [7, 11) is 0. The van der Waals surface area contributed by atoms with Gasteiger partial charge in [0.15, 0.2) is 0 Å². The Morgan fingerprint density at radius 3 is 2.52 bits per heavy atom. The van der Waals surface area contributed by atoms with E-state index in [1.807, 2.05) is 12.1 Å². The normalized spacial score (nSPS) is 16.1. The molecule has 0 bridgehead atoms. The van der Waals surface area contributed by atoms with E-state index >= 15 is 0 Å². The lowest BCUT2D eigenvalue weighted by molar-refractivity contribution is -0.380. The van der Waals surface area contributed by atoms with Crippen molar-refractivity contribution in [3.63, 3.8) is 0 Å². The first kappa shape index (κ1) is 13.9. The summed E-state index contributed by atoms with van der Waals surface area (Å²) in [5.41, 5.74) is 0. The topological polar surface area (TPSA) is 75.4 Å². The van der Waals surface area contributed by atoms with E-state index < -0.39 is 0 Å². The monoisotopic (exact) mass is 305 g/mol. The number of piperazine rings is 1. The van der Waals surface area contributed by atoms with E-state index in [1.165, 1.54) is 11.3 Å². The highest BCUT2D eigenvalue weighted by molar-refractivity contribution is 7.15. The summed E-state index contributed by atoms with van der Waals surface area (Å²) in [4.78, 5) is 24.4. The van der Waals surface area contributed by atoms with E-state index in [2.05, 4.69) is 19.8 Å². The molecular formula is C13H15N5O2S. The SMILES string of the molecule is O=[N+]([O-])c1ccc(CN2CCN(c3ncccn3)CC2)s1. The number of aromatic nitrogens is 2. The van der Waals surface area contributed by atoms with Gasteiger partial charge in [0.2, 0.25) is 5.95 Å². The average Bonchev–Trinajstić information content (AvgIpc) is 2.98. The van der Waals surface area contributed by atoms with Crippen molar-refractivity contribution in [1.29, 1.82) is 0 Å². The molecule has 3 heterocycles. The van der Waals surface area contributed by atoms with Crippen LogP contribution in [0.15, 0.2) is 30.6 Å². The van der Waals surface area contributed by atoms with Crippen molar-refractivity contribution in [2.24, 2.45) is 0 Å². The summed E-state index contributed by atoms with van der Waals surface area (Å²) in [6, 6.07) is 5.23. The van der Waals surface area contributed by atoms with E-state index in [9.17, 15) is 10.1 Å². The summed E-state index contributed by atoms with van der Waals surface area (Å²) in [6.07, 6.45) is 3.50. The van der Waals surface area contributed by atoms with Crippen molar-refractivity contribution in [1.82, 2.24) is 14.9 Å². The average molecular weight is 305 g/mol. The second-order valence-electron chi connectivity index (χ2n) is 4.81. The standard InChI is InChI=1S/C13H15N5O2S/c19-18(20)12-3-2-11(21-12)10-16-6-8-17(9-7-16)13-14-4-1-5-15-13/h1-5H,6-10H2. The molecule has 21 heavy (non-hydrogen) atoms. The maximum Gasteiger partial charge on any atom is 0.324 e. The highest BCUT2D eigenvalue weighted by Crippen LogP contribution is 2.25. The van der Waals surface area contributed by atoms with Crippen molar-refractivity contribution in [3.05, 3.63) is 45.6 Å². The van der Waals surface area contributed by atoms with Crippen molar-refractivity contribution in [2.75, 3.05) is 31.1 Å². The molecule has 1 fully saturated rings. The van der Waals surface area contributed by atoms with Gasteiger partial charge >= 0.3 is 5.00 Å². The van der Waals surface area contributed by atoms with Gasteiger partial charge in [-0.3, -0.25) is 15.0 Å². The predicted octanol–water partition coefficient (Wildman–Crippen LogP) is 1.77. The number of anilines is 1. The third-order valence-electron chi connectivity index (χ3n) is 3.41. The van der Waals surface area contributed by atoms with Crippen LogP contribution in [-0.4, -0.2) is 46.0 Å². The molecule has 0 unspecified atom stereocenters. The molecule has 0 amide bonds. The zero-order valence-corrected chi connectivity index (χ0v) is 12.2. The molecule has 3 rings (SSSR count). The molecule has 2 aromatic heterocycles. The minimum Gasteiger partial charge on any atom is -0.338 e. The first-order chi connectivity index (χ1) is 10.2. The second kappa shape index (κ2) is 6.15. The lowest BCUT2D eigenvalue weighted by atomic mass is 10.3. The molecule has 1 aliphatic rings. The lowest BCUT2D eigenvalue weighted by Gasteiger charge is -2.34. The molecule has 0 spiro atoms. The van der Waals surface area contributed by atoms with Crippen LogP contribution in [0.4, 0.5) is 10.9 Å². The summed E-state index contributed by atoms with van der Waals surface area (Å²) in [5, 5.41) is 10.9. The fourth-order valence-electron chi connectivity index (χ4n) is 2.33. The molecule has 1 saturated heterocycles. The molecule has 0 atom stereocenters. The summed E-state index contributed by atoms with van der Waals surface area (Å²) in [6.45, 7) is 4.32. The summed E-state index contributed by atoms with van der Waals surface area (Å²) < 4.78 is 0. The van der Waals surface area contributed by atoms with Gasteiger partial charge in [-0.05, 0) is 12.1 Å². The maximum atomic E-state index is 10.7. The Labute approximate surface area is 126 Å². The smallest absolute Gasteiger partial charge is 0.324 e. The van der Waals surface area contributed by atoms with Gasteiger partial charge < -0.3 is 4.90 Å². The van der Waals surface area contributed by atoms with Crippen LogP contribution in [0.2, 0.25) is 0 Å². The number of rotatable bonds is 4. The quantitative estimate of drug-likeness (QED) is 0.633. The predicted molar refractivity (Wildman–Crippen MR) is 80.5 cm³/mol. The van der Waals surface area contributed by atoms with Gasteiger partial charge in [-0.2, -0.15) is 0 Å². The Morgan fingerprint density at radius 2 is 1.90 bits per heavy atom. The van der Waals surface area contributed by atoms with Crippen LogP contribution >= 0.6 is 11.3 Å². The molecule has 110 valence electrons. The second-order valence-corrected chi connectivity index (χ2v) is 5.96. The van der Waals surface area contributed by atoms with Gasteiger partial charge in [-0.15, -0.1) is 0 Å². The van der Waals surface area contributed by atoms with E-state index in [4.69, 9.17) is 0 Å². The van der Waals surface area contributed by atoms with Gasteiger partial charge in [0.05, 0.1) is 4.92 Å². The number of nitrogens with zero attached hydrogens (tertiary/aromatic N) is 5. The van der Waals surface area contributed by atoms with Gasteiger partial charge in [-0.25, -0.2) is 9.97 Å². The minimum absolute atomic E-state index is 0.210. The Kier molecular flexibility index (Phi) is 4.07. The largest absolute Gasteiger partial charge is 0.338 e. The highest BCUT2D eigenvalue weighted by atomic mass is 32.1. The molecule has 0 N–H and O–H groups in total. The highest BCUT2D eigenvalue weighted by Gasteiger charge is 2.20. The summed E-state index contributed by atoms with van der Waals surface area (Å²) >= 11 is 1.25. The molecule has 2 aromatic rings. The Morgan fingerprint density at radius 1 is 1.19 bits per heavy atom. The van der Waals surface area contributed by atoms with Crippen LogP contribution < -0.4 is 4.90 Å². The maximum absolute atomic E-state index is 10.7. The Balaban J connectivity index is 1.55. The number of hydrogen-bond acceptors (Lipinski definition) is 7.